The maximum Gasteiger partial charge on any atom is 0.255 e. The quantitative estimate of drug-likeness (QED) is 0.763. The Morgan fingerprint density at radius 2 is 1.97 bits per heavy atom. The molecular formula is C21H26Cl2FN3O2. The lowest BCUT2D eigenvalue weighted by molar-refractivity contribution is 0.0342. The molecule has 2 aliphatic rings. The number of benzene rings is 2. The normalized spacial score (nSPS) is 16.2. The number of hydrogen-bond acceptors (Lipinski definition) is 4. The summed E-state index contributed by atoms with van der Waals surface area (Å²) >= 11 is 0. The maximum atomic E-state index is 14.8. The Kier molecular flexibility index (Phi) is 8.86. The van der Waals surface area contributed by atoms with Gasteiger partial charge in [0.15, 0.2) is 0 Å². The molecule has 8 heteroatoms. The summed E-state index contributed by atoms with van der Waals surface area (Å²) in [6, 6.07) is 11.1. The third-order valence-electron chi connectivity index (χ3n) is 5.15. The van der Waals surface area contributed by atoms with E-state index in [1.165, 1.54) is 0 Å². The largest absolute Gasteiger partial charge is 0.379 e. The van der Waals surface area contributed by atoms with E-state index in [1.54, 1.807) is 12.1 Å². The average Bonchev–Trinajstić information content (AvgIpc) is 2.71. The Morgan fingerprint density at radius 1 is 1.17 bits per heavy atom. The Bertz CT molecular complexity index is 845. The molecule has 0 unspecified atom stereocenters. The molecule has 1 saturated heterocycles. The SMILES string of the molecule is Cl.Cl.O=C(Nc1ccc2c(c1F)CCNC2)c1cccc(CN2CCOCC2)c1. The van der Waals surface area contributed by atoms with Crippen molar-refractivity contribution in [2.45, 2.75) is 19.5 Å². The zero-order valence-electron chi connectivity index (χ0n) is 16.1. The summed E-state index contributed by atoms with van der Waals surface area (Å²) in [5, 5.41) is 5.97. The van der Waals surface area contributed by atoms with Gasteiger partial charge in [-0.05, 0) is 47.9 Å². The Morgan fingerprint density at radius 3 is 2.76 bits per heavy atom. The number of fused-ring (bicyclic) bond motifs is 1. The predicted octanol–water partition coefficient (Wildman–Crippen LogP) is 3.40. The first-order chi connectivity index (χ1) is 13.2. The second-order valence-corrected chi connectivity index (χ2v) is 7.03. The molecule has 2 aliphatic heterocycles. The second kappa shape index (κ2) is 10.9. The van der Waals surface area contributed by atoms with Crippen LogP contribution in [-0.4, -0.2) is 43.7 Å². The van der Waals surface area contributed by atoms with Crippen molar-refractivity contribution in [3.05, 3.63) is 64.5 Å². The predicted molar refractivity (Wildman–Crippen MR) is 117 cm³/mol. The van der Waals surface area contributed by atoms with Crippen LogP contribution >= 0.6 is 24.8 Å². The molecule has 158 valence electrons. The van der Waals surface area contributed by atoms with Crippen molar-refractivity contribution in [2.75, 3.05) is 38.2 Å². The summed E-state index contributed by atoms with van der Waals surface area (Å²) in [7, 11) is 0. The molecule has 0 saturated carbocycles. The zero-order chi connectivity index (χ0) is 18.6. The number of nitrogens with one attached hydrogen (secondary N) is 2. The van der Waals surface area contributed by atoms with Gasteiger partial charge in [0.2, 0.25) is 0 Å². The molecular weight excluding hydrogens is 416 g/mol. The van der Waals surface area contributed by atoms with Crippen molar-refractivity contribution >= 4 is 36.4 Å². The number of nitrogens with zero attached hydrogens (tertiary/aromatic N) is 1. The van der Waals surface area contributed by atoms with E-state index in [9.17, 15) is 9.18 Å². The number of amides is 1. The van der Waals surface area contributed by atoms with Crippen molar-refractivity contribution < 1.29 is 13.9 Å². The zero-order valence-corrected chi connectivity index (χ0v) is 17.7. The molecule has 0 bridgehead atoms. The molecule has 2 heterocycles. The molecule has 1 fully saturated rings. The molecule has 0 aromatic heterocycles. The van der Waals surface area contributed by atoms with Gasteiger partial charge >= 0.3 is 0 Å². The van der Waals surface area contributed by atoms with Crippen molar-refractivity contribution in [3.8, 4) is 0 Å². The van der Waals surface area contributed by atoms with Gasteiger partial charge in [0.05, 0.1) is 18.9 Å². The smallest absolute Gasteiger partial charge is 0.255 e. The summed E-state index contributed by atoms with van der Waals surface area (Å²) in [5.41, 5.74) is 3.53. The van der Waals surface area contributed by atoms with Crippen LogP contribution in [0.4, 0.5) is 10.1 Å². The molecule has 0 atom stereocenters. The lowest BCUT2D eigenvalue weighted by atomic mass is 9.99. The minimum Gasteiger partial charge on any atom is -0.379 e. The molecule has 2 N–H and O–H groups in total. The number of hydrogen-bond donors (Lipinski definition) is 2. The monoisotopic (exact) mass is 441 g/mol. The highest BCUT2D eigenvalue weighted by molar-refractivity contribution is 6.04. The van der Waals surface area contributed by atoms with Gasteiger partial charge in [-0.2, -0.15) is 0 Å². The Balaban J connectivity index is 0.00000150. The van der Waals surface area contributed by atoms with Gasteiger partial charge in [-0.1, -0.05) is 18.2 Å². The molecule has 2 aromatic rings. The highest BCUT2D eigenvalue weighted by Crippen LogP contribution is 2.25. The van der Waals surface area contributed by atoms with Crippen LogP contribution in [0.15, 0.2) is 36.4 Å². The van der Waals surface area contributed by atoms with Gasteiger partial charge in [0.1, 0.15) is 5.82 Å². The lowest BCUT2D eigenvalue weighted by Crippen LogP contribution is -2.35. The average molecular weight is 442 g/mol. The number of morpholine rings is 1. The topological polar surface area (TPSA) is 53.6 Å². The van der Waals surface area contributed by atoms with E-state index in [-0.39, 0.29) is 42.2 Å². The Labute approximate surface area is 182 Å². The van der Waals surface area contributed by atoms with Gasteiger partial charge in [-0.3, -0.25) is 9.69 Å². The second-order valence-electron chi connectivity index (χ2n) is 7.03. The van der Waals surface area contributed by atoms with E-state index < -0.39 is 0 Å². The molecule has 2 aromatic carbocycles. The van der Waals surface area contributed by atoms with Crippen LogP contribution in [0.25, 0.3) is 0 Å². The number of carbonyl (C=O) groups excluding carboxylic acids is 1. The van der Waals surface area contributed by atoms with Crippen LogP contribution in [-0.2, 0) is 24.2 Å². The minimum absolute atomic E-state index is 0. The number of rotatable bonds is 4. The lowest BCUT2D eigenvalue weighted by Gasteiger charge is -2.26. The van der Waals surface area contributed by atoms with Crippen LogP contribution in [0.5, 0.6) is 0 Å². The number of halogens is 3. The summed E-state index contributed by atoms with van der Waals surface area (Å²) < 4.78 is 20.1. The van der Waals surface area contributed by atoms with Crippen LogP contribution in [0.1, 0.15) is 27.0 Å². The third-order valence-corrected chi connectivity index (χ3v) is 5.15. The minimum atomic E-state index is -0.313. The van der Waals surface area contributed by atoms with E-state index in [0.717, 1.165) is 50.5 Å². The summed E-state index contributed by atoms with van der Waals surface area (Å²) in [4.78, 5) is 15.0. The van der Waals surface area contributed by atoms with Gasteiger partial charge < -0.3 is 15.4 Å². The van der Waals surface area contributed by atoms with Crippen LogP contribution in [0, 0.1) is 5.82 Å². The molecule has 5 nitrogen and oxygen atoms in total. The maximum absolute atomic E-state index is 14.8. The van der Waals surface area contributed by atoms with E-state index in [1.807, 2.05) is 24.3 Å². The van der Waals surface area contributed by atoms with Gasteiger partial charge in [-0.15, -0.1) is 24.8 Å². The highest BCUT2D eigenvalue weighted by Gasteiger charge is 2.18. The van der Waals surface area contributed by atoms with Crippen molar-refractivity contribution in [1.29, 1.82) is 0 Å². The summed E-state index contributed by atoms with van der Waals surface area (Å²) in [5.74, 6) is -0.599. The molecule has 4 rings (SSSR count). The standard InChI is InChI=1S/C21H24FN3O2.2ClH/c22-20-18-6-7-23-13-17(18)4-5-19(20)24-21(26)16-3-1-2-15(12-16)14-25-8-10-27-11-9-25;;/h1-5,12,23H,6-11,13-14H2,(H,24,26);2*1H. The summed E-state index contributed by atoms with van der Waals surface area (Å²) in [6.45, 7) is 5.48. The van der Waals surface area contributed by atoms with Gasteiger partial charge in [0, 0.05) is 31.7 Å². The van der Waals surface area contributed by atoms with Gasteiger partial charge in [-0.25, -0.2) is 4.39 Å². The van der Waals surface area contributed by atoms with E-state index in [4.69, 9.17) is 4.74 Å². The highest BCUT2D eigenvalue weighted by atomic mass is 35.5. The first kappa shape index (κ1) is 23.6. The molecule has 1 amide bonds. The van der Waals surface area contributed by atoms with E-state index in [0.29, 0.717) is 24.1 Å². The fourth-order valence-corrected chi connectivity index (χ4v) is 3.65. The van der Waals surface area contributed by atoms with E-state index in [2.05, 4.69) is 15.5 Å². The van der Waals surface area contributed by atoms with Crippen LogP contribution < -0.4 is 10.6 Å². The van der Waals surface area contributed by atoms with Crippen molar-refractivity contribution in [1.82, 2.24) is 10.2 Å². The van der Waals surface area contributed by atoms with Crippen LogP contribution in [0.3, 0.4) is 0 Å². The third kappa shape index (κ3) is 5.68. The molecule has 29 heavy (non-hydrogen) atoms. The summed E-state index contributed by atoms with van der Waals surface area (Å²) in [6.07, 6.45) is 0.639. The first-order valence-electron chi connectivity index (χ1n) is 9.42. The molecule has 0 radical (unpaired) electrons. The van der Waals surface area contributed by atoms with E-state index >= 15 is 0 Å². The fourth-order valence-electron chi connectivity index (χ4n) is 3.65. The van der Waals surface area contributed by atoms with Crippen LogP contribution in [0.2, 0.25) is 0 Å². The fraction of sp³-hybridized carbons (Fsp3) is 0.381. The van der Waals surface area contributed by atoms with Crippen molar-refractivity contribution in [2.24, 2.45) is 0 Å². The number of anilines is 1. The molecule has 0 aliphatic carbocycles. The van der Waals surface area contributed by atoms with Crippen molar-refractivity contribution in [3.63, 3.8) is 0 Å². The van der Waals surface area contributed by atoms with Gasteiger partial charge in [0.25, 0.3) is 5.91 Å². The first-order valence-corrected chi connectivity index (χ1v) is 9.42. The number of carbonyl (C=O) groups is 1. The Hall–Kier alpha value is -1.70. The molecule has 0 spiro atoms. The number of ether oxygens (including phenoxy) is 1.